The lowest BCUT2D eigenvalue weighted by atomic mass is 10.2. The first-order valence-electron chi connectivity index (χ1n) is 9.74. The van der Waals surface area contributed by atoms with Gasteiger partial charge in [0.25, 0.3) is 0 Å². The molecule has 4 aromatic rings. The third kappa shape index (κ3) is 5.00. The van der Waals surface area contributed by atoms with Gasteiger partial charge in [-0.05, 0) is 59.7 Å². The molecule has 4 rings (SSSR count). The predicted octanol–water partition coefficient (Wildman–Crippen LogP) is 5.77. The molecule has 3 aromatic carbocycles. The first-order chi connectivity index (χ1) is 14.6. The van der Waals surface area contributed by atoms with E-state index < -0.39 is 0 Å². The highest BCUT2D eigenvalue weighted by Crippen LogP contribution is 2.20. The second-order valence-electron chi connectivity index (χ2n) is 7.21. The summed E-state index contributed by atoms with van der Waals surface area (Å²) in [6, 6.07) is 23.2. The highest BCUT2D eigenvalue weighted by Gasteiger charge is 2.06. The quantitative estimate of drug-likeness (QED) is 0.372. The number of benzene rings is 3. The van der Waals surface area contributed by atoms with Crippen LogP contribution in [0.5, 0.6) is 0 Å². The fraction of sp³-hybridized carbons (Fsp3) is 0.125. The number of carbonyl (C=O) groups is 1. The van der Waals surface area contributed by atoms with E-state index >= 15 is 0 Å². The first-order valence-corrected chi connectivity index (χ1v) is 10.1. The molecular formula is C24H23ClN4O. The molecule has 0 saturated carbocycles. The van der Waals surface area contributed by atoms with Crippen molar-refractivity contribution in [3.63, 3.8) is 0 Å². The Labute approximate surface area is 180 Å². The van der Waals surface area contributed by atoms with Crippen molar-refractivity contribution < 1.29 is 4.79 Å². The maximum absolute atomic E-state index is 12.4. The van der Waals surface area contributed by atoms with E-state index in [4.69, 9.17) is 11.6 Å². The Hall–Kier alpha value is -3.28. The average Bonchev–Trinajstić information content (AvgIpc) is 3.08. The van der Waals surface area contributed by atoms with Crippen molar-refractivity contribution >= 4 is 39.9 Å². The van der Waals surface area contributed by atoms with Crippen LogP contribution in [0, 0.1) is 0 Å². The summed E-state index contributed by atoms with van der Waals surface area (Å²) in [5, 5.41) is 11.0. The van der Waals surface area contributed by atoms with E-state index in [1.165, 1.54) is 0 Å². The van der Waals surface area contributed by atoms with Gasteiger partial charge in [-0.15, -0.1) is 0 Å². The first kappa shape index (κ1) is 20.0. The van der Waals surface area contributed by atoms with Crippen molar-refractivity contribution in [1.29, 1.82) is 0 Å². The van der Waals surface area contributed by atoms with Crippen molar-refractivity contribution in [2.45, 2.75) is 13.1 Å². The summed E-state index contributed by atoms with van der Waals surface area (Å²) in [4.78, 5) is 12.4. The third-order valence-corrected chi connectivity index (χ3v) is 5.11. The molecule has 0 saturated heterocycles. The summed E-state index contributed by atoms with van der Waals surface area (Å²) in [6.07, 6.45) is 2.00. The number of nitrogens with one attached hydrogen (secondary N) is 3. The fourth-order valence-electron chi connectivity index (χ4n) is 3.41. The van der Waals surface area contributed by atoms with Crippen LogP contribution in [0.2, 0.25) is 5.02 Å². The molecule has 6 heteroatoms. The van der Waals surface area contributed by atoms with Gasteiger partial charge in [0.05, 0.1) is 0 Å². The number of halogens is 1. The van der Waals surface area contributed by atoms with E-state index in [1.807, 2.05) is 90.6 Å². The monoisotopic (exact) mass is 418 g/mol. The number of fused-ring (bicyclic) bond motifs is 1. The van der Waals surface area contributed by atoms with Crippen LogP contribution in [0.3, 0.4) is 0 Å². The number of hydrogen-bond acceptors (Lipinski definition) is 2. The molecule has 0 unspecified atom stereocenters. The molecule has 0 bridgehead atoms. The van der Waals surface area contributed by atoms with Crippen LogP contribution >= 0.6 is 11.6 Å². The van der Waals surface area contributed by atoms with E-state index in [2.05, 4.69) is 16.0 Å². The summed E-state index contributed by atoms with van der Waals surface area (Å²) in [5.74, 6) is 0. The number of carbonyl (C=O) groups excluding carboxylic acids is 1. The van der Waals surface area contributed by atoms with Crippen LogP contribution in [-0.2, 0) is 20.1 Å². The molecular weight excluding hydrogens is 396 g/mol. The van der Waals surface area contributed by atoms with Crippen molar-refractivity contribution in [2.24, 2.45) is 7.05 Å². The number of hydrogen-bond donors (Lipinski definition) is 3. The second kappa shape index (κ2) is 9.03. The number of rotatable bonds is 6. The van der Waals surface area contributed by atoms with Gasteiger partial charge in [-0.3, -0.25) is 0 Å². The molecule has 1 aromatic heterocycles. The van der Waals surface area contributed by atoms with Crippen LogP contribution in [-0.4, -0.2) is 10.6 Å². The third-order valence-electron chi connectivity index (χ3n) is 4.88. The van der Waals surface area contributed by atoms with Gasteiger partial charge in [0.2, 0.25) is 0 Å². The Balaban J connectivity index is 1.33. The Morgan fingerprint density at radius 1 is 0.867 bits per heavy atom. The zero-order valence-electron chi connectivity index (χ0n) is 16.7. The lowest BCUT2D eigenvalue weighted by molar-refractivity contribution is 0.262. The highest BCUT2D eigenvalue weighted by molar-refractivity contribution is 6.30. The molecule has 0 atom stereocenters. The second-order valence-corrected chi connectivity index (χ2v) is 7.65. The summed E-state index contributed by atoms with van der Waals surface area (Å²) >= 11 is 6.02. The lowest BCUT2D eigenvalue weighted by Crippen LogP contribution is -2.19. The van der Waals surface area contributed by atoms with Gasteiger partial charge in [-0.25, -0.2) is 4.79 Å². The normalized spacial score (nSPS) is 10.9. The Kier molecular flexibility index (Phi) is 6.02. The number of amides is 2. The SMILES string of the molecule is Cn1ccc2cc(NC(=O)Nc3cccc(CNCc4cccc(Cl)c4)c3)ccc21. The molecule has 0 aliphatic heterocycles. The van der Waals surface area contributed by atoms with Crippen LogP contribution in [0.1, 0.15) is 11.1 Å². The molecule has 0 aliphatic carbocycles. The molecule has 152 valence electrons. The number of aryl methyl sites for hydroxylation is 1. The van der Waals surface area contributed by atoms with Crippen LogP contribution < -0.4 is 16.0 Å². The zero-order valence-corrected chi connectivity index (χ0v) is 17.4. The smallest absolute Gasteiger partial charge is 0.323 e. The maximum atomic E-state index is 12.4. The molecule has 0 aliphatic rings. The van der Waals surface area contributed by atoms with Gasteiger partial charge < -0.3 is 20.5 Å². The number of nitrogens with zero attached hydrogens (tertiary/aromatic N) is 1. The van der Waals surface area contributed by atoms with Crippen LogP contribution in [0.15, 0.2) is 79.0 Å². The minimum absolute atomic E-state index is 0.269. The molecule has 2 amide bonds. The summed E-state index contributed by atoms with van der Waals surface area (Å²) in [7, 11) is 2.00. The van der Waals surface area contributed by atoms with Gasteiger partial charge in [-0.1, -0.05) is 35.9 Å². The maximum Gasteiger partial charge on any atom is 0.323 e. The van der Waals surface area contributed by atoms with Crippen molar-refractivity contribution in [3.05, 3.63) is 95.1 Å². The van der Waals surface area contributed by atoms with Crippen molar-refractivity contribution in [2.75, 3.05) is 10.6 Å². The van der Waals surface area contributed by atoms with E-state index in [9.17, 15) is 4.79 Å². The summed E-state index contributed by atoms with van der Waals surface area (Å²) < 4.78 is 2.05. The Morgan fingerprint density at radius 3 is 2.33 bits per heavy atom. The fourth-order valence-corrected chi connectivity index (χ4v) is 3.62. The van der Waals surface area contributed by atoms with Crippen molar-refractivity contribution in [1.82, 2.24) is 9.88 Å². The summed E-state index contributed by atoms with van der Waals surface area (Å²) in [6.45, 7) is 1.41. The van der Waals surface area contributed by atoms with Gasteiger partial charge in [0.15, 0.2) is 0 Å². The number of aromatic nitrogens is 1. The molecule has 3 N–H and O–H groups in total. The van der Waals surface area contributed by atoms with E-state index in [-0.39, 0.29) is 6.03 Å². The number of urea groups is 1. The van der Waals surface area contributed by atoms with Crippen LogP contribution in [0.25, 0.3) is 10.9 Å². The minimum Gasteiger partial charge on any atom is -0.351 e. The highest BCUT2D eigenvalue weighted by atomic mass is 35.5. The van der Waals surface area contributed by atoms with E-state index in [0.29, 0.717) is 6.54 Å². The molecule has 5 nitrogen and oxygen atoms in total. The molecule has 30 heavy (non-hydrogen) atoms. The van der Waals surface area contributed by atoms with Gasteiger partial charge >= 0.3 is 6.03 Å². The van der Waals surface area contributed by atoms with Gasteiger partial charge in [0.1, 0.15) is 0 Å². The Bertz CT molecular complexity index is 1180. The predicted molar refractivity (Wildman–Crippen MR) is 124 cm³/mol. The van der Waals surface area contributed by atoms with Gasteiger partial charge in [0, 0.05) is 53.6 Å². The van der Waals surface area contributed by atoms with Gasteiger partial charge in [-0.2, -0.15) is 0 Å². The average molecular weight is 419 g/mol. The molecule has 0 fully saturated rings. The van der Waals surface area contributed by atoms with Crippen LogP contribution in [0.4, 0.5) is 16.2 Å². The number of anilines is 2. The lowest BCUT2D eigenvalue weighted by Gasteiger charge is -2.10. The van der Waals surface area contributed by atoms with E-state index in [0.717, 1.165) is 45.0 Å². The summed E-state index contributed by atoms with van der Waals surface area (Å²) in [5.41, 5.74) is 4.84. The Morgan fingerprint density at radius 2 is 1.57 bits per heavy atom. The topological polar surface area (TPSA) is 58.1 Å². The molecule has 0 spiro atoms. The molecule has 0 radical (unpaired) electrons. The largest absolute Gasteiger partial charge is 0.351 e. The minimum atomic E-state index is -0.269. The van der Waals surface area contributed by atoms with Crippen molar-refractivity contribution in [3.8, 4) is 0 Å². The van der Waals surface area contributed by atoms with E-state index in [1.54, 1.807) is 0 Å². The standard InChI is InChI=1S/C24H23ClN4O/c1-29-11-10-19-14-22(8-9-23(19)29)28-24(30)27-21-7-3-5-18(13-21)16-26-15-17-4-2-6-20(25)12-17/h2-14,26H,15-16H2,1H3,(H2,27,28,30). The zero-order chi connectivity index (χ0) is 20.9. The molecule has 1 heterocycles.